The zero-order chi connectivity index (χ0) is 9.12. The molecule has 0 fully saturated rings. The van der Waals surface area contributed by atoms with Gasteiger partial charge in [0.2, 0.25) is 5.55 Å². The quantitative estimate of drug-likeness (QED) is 0.608. The first kappa shape index (κ1) is 10.6. The van der Waals surface area contributed by atoms with E-state index in [-0.39, 0.29) is 12.8 Å². The number of halogens is 2. The molecule has 0 rings (SSSR count). The van der Waals surface area contributed by atoms with Crippen molar-refractivity contribution in [2.75, 3.05) is 0 Å². The third-order valence-electron chi connectivity index (χ3n) is 1.65. The van der Waals surface area contributed by atoms with Gasteiger partial charge in [0, 0.05) is 12.8 Å². The molecule has 0 spiro atoms. The van der Waals surface area contributed by atoms with Crippen LogP contribution in [0.2, 0.25) is 19.6 Å². The van der Waals surface area contributed by atoms with Crippen LogP contribution < -0.4 is 0 Å². The molecule has 0 aromatic heterocycles. The topological polar surface area (TPSA) is 23.8 Å². The van der Waals surface area contributed by atoms with Gasteiger partial charge < -0.3 is 0 Å². The van der Waals surface area contributed by atoms with Crippen LogP contribution in [-0.4, -0.2) is 13.6 Å². The summed E-state index contributed by atoms with van der Waals surface area (Å²) in [5, 5.41) is 8.13. The van der Waals surface area contributed by atoms with Crippen molar-refractivity contribution in [2.24, 2.45) is 0 Å². The Morgan fingerprint density at radius 1 is 1.36 bits per heavy atom. The van der Waals surface area contributed by atoms with E-state index in [9.17, 15) is 8.78 Å². The molecule has 11 heavy (non-hydrogen) atoms. The van der Waals surface area contributed by atoms with E-state index in [1.54, 1.807) is 25.7 Å². The van der Waals surface area contributed by atoms with Gasteiger partial charge in [-0.05, 0) is 0 Å². The Bertz CT molecular complexity index is 166. The van der Waals surface area contributed by atoms with Crippen molar-refractivity contribution in [3.63, 3.8) is 0 Å². The molecule has 1 nitrogen and oxygen atoms in total. The molecule has 0 aromatic carbocycles. The van der Waals surface area contributed by atoms with Crippen LogP contribution >= 0.6 is 0 Å². The summed E-state index contributed by atoms with van der Waals surface area (Å²) < 4.78 is 26.1. The zero-order valence-electron chi connectivity index (χ0n) is 7.12. The molecule has 0 bridgehead atoms. The van der Waals surface area contributed by atoms with Crippen molar-refractivity contribution in [3.05, 3.63) is 0 Å². The van der Waals surface area contributed by atoms with Gasteiger partial charge in [0.15, 0.2) is 0 Å². The molecule has 0 heterocycles. The number of hydrogen-bond donors (Lipinski definition) is 0. The molecule has 64 valence electrons. The lowest BCUT2D eigenvalue weighted by molar-refractivity contribution is 0.0731. The van der Waals surface area contributed by atoms with Crippen LogP contribution in [-0.2, 0) is 0 Å². The maximum Gasteiger partial charge on any atom is 0.230 e. The van der Waals surface area contributed by atoms with E-state index < -0.39 is 13.6 Å². The van der Waals surface area contributed by atoms with Crippen LogP contribution in [0, 0.1) is 11.3 Å². The first-order chi connectivity index (χ1) is 4.81. The summed E-state index contributed by atoms with van der Waals surface area (Å²) in [7, 11) is -2.41. The van der Waals surface area contributed by atoms with Gasteiger partial charge in [0.05, 0.1) is 6.07 Å². The molecule has 0 unspecified atom stereocenters. The van der Waals surface area contributed by atoms with Gasteiger partial charge in [-0.1, -0.05) is 19.6 Å². The molecular formula is C7H13F2NSi. The highest BCUT2D eigenvalue weighted by Crippen LogP contribution is 2.31. The van der Waals surface area contributed by atoms with Crippen LogP contribution in [0.1, 0.15) is 12.8 Å². The first-order valence-electron chi connectivity index (χ1n) is 3.56. The summed E-state index contributed by atoms with van der Waals surface area (Å²) in [6.45, 7) is 4.85. The largest absolute Gasteiger partial charge is 0.230 e. The Kier molecular flexibility index (Phi) is 3.18. The molecule has 0 amide bonds. The summed E-state index contributed by atoms with van der Waals surface area (Å²) in [5.74, 6) is 0. The lowest BCUT2D eigenvalue weighted by Gasteiger charge is -2.27. The molecule has 0 radical (unpaired) electrons. The molecule has 0 aliphatic carbocycles. The van der Waals surface area contributed by atoms with E-state index in [4.69, 9.17) is 5.26 Å². The van der Waals surface area contributed by atoms with Gasteiger partial charge in [-0.25, -0.2) is 8.78 Å². The van der Waals surface area contributed by atoms with Crippen molar-refractivity contribution in [1.29, 1.82) is 5.26 Å². The van der Waals surface area contributed by atoms with Crippen LogP contribution in [0.4, 0.5) is 8.78 Å². The van der Waals surface area contributed by atoms with Crippen molar-refractivity contribution >= 4 is 8.07 Å². The Balaban J connectivity index is 4.13. The number of rotatable bonds is 3. The molecular weight excluding hydrogens is 164 g/mol. The number of nitriles is 1. The molecule has 0 saturated heterocycles. The second kappa shape index (κ2) is 3.31. The smallest absolute Gasteiger partial charge is 0.212 e. The Morgan fingerprint density at radius 2 is 1.82 bits per heavy atom. The number of nitrogens with zero attached hydrogens (tertiary/aromatic N) is 1. The molecule has 0 saturated carbocycles. The minimum absolute atomic E-state index is 0.0444. The van der Waals surface area contributed by atoms with Gasteiger partial charge in [0.1, 0.15) is 8.07 Å². The number of alkyl halides is 2. The van der Waals surface area contributed by atoms with Gasteiger partial charge in [-0.2, -0.15) is 5.26 Å². The van der Waals surface area contributed by atoms with Gasteiger partial charge in [0.25, 0.3) is 0 Å². The summed E-state index contributed by atoms with van der Waals surface area (Å²) >= 11 is 0. The molecule has 0 N–H and O–H groups in total. The minimum atomic E-state index is -2.59. The lowest BCUT2D eigenvalue weighted by atomic mass is 10.3. The van der Waals surface area contributed by atoms with Crippen LogP contribution in [0.3, 0.4) is 0 Å². The zero-order valence-corrected chi connectivity index (χ0v) is 8.12. The van der Waals surface area contributed by atoms with Crippen molar-refractivity contribution in [2.45, 2.75) is 38.0 Å². The summed E-state index contributed by atoms with van der Waals surface area (Å²) in [6, 6.07) is 1.74. The minimum Gasteiger partial charge on any atom is -0.212 e. The Morgan fingerprint density at radius 3 is 2.09 bits per heavy atom. The number of hydrogen-bond acceptors (Lipinski definition) is 1. The predicted octanol–water partition coefficient (Wildman–Crippen LogP) is 2.80. The molecule has 0 atom stereocenters. The lowest BCUT2D eigenvalue weighted by Crippen LogP contribution is -2.44. The first-order valence-corrected chi connectivity index (χ1v) is 7.06. The molecule has 4 heteroatoms. The summed E-state index contributed by atoms with van der Waals surface area (Å²) in [6.07, 6.45) is -0.323. The normalized spacial score (nSPS) is 12.7. The van der Waals surface area contributed by atoms with Gasteiger partial charge >= 0.3 is 0 Å². The fraction of sp³-hybridized carbons (Fsp3) is 0.857. The highest BCUT2D eigenvalue weighted by Gasteiger charge is 2.43. The predicted molar refractivity (Wildman–Crippen MR) is 43.1 cm³/mol. The van der Waals surface area contributed by atoms with E-state index >= 15 is 0 Å². The third-order valence-corrected chi connectivity index (χ3v) is 4.09. The maximum atomic E-state index is 13.0. The van der Waals surface area contributed by atoms with Crippen molar-refractivity contribution in [3.8, 4) is 6.07 Å². The van der Waals surface area contributed by atoms with E-state index in [1.165, 1.54) is 0 Å². The third kappa shape index (κ3) is 2.98. The van der Waals surface area contributed by atoms with Crippen LogP contribution in [0.5, 0.6) is 0 Å². The second-order valence-electron chi connectivity index (χ2n) is 3.61. The fourth-order valence-electron chi connectivity index (χ4n) is 0.588. The highest BCUT2D eigenvalue weighted by atomic mass is 28.3. The fourth-order valence-corrected chi connectivity index (χ4v) is 1.46. The van der Waals surface area contributed by atoms with Crippen molar-refractivity contribution in [1.82, 2.24) is 0 Å². The van der Waals surface area contributed by atoms with E-state index in [2.05, 4.69) is 0 Å². The highest BCUT2D eigenvalue weighted by molar-refractivity contribution is 6.78. The van der Waals surface area contributed by atoms with Gasteiger partial charge in [-0.3, -0.25) is 0 Å². The van der Waals surface area contributed by atoms with E-state index in [0.29, 0.717) is 0 Å². The molecule has 0 aliphatic heterocycles. The van der Waals surface area contributed by atoms with Gasteiger partial charge in [-0.15, -0.1) is 0 Å². The Labute approximate surface area is 67.0 Å². The van der Waals surface area contributed by atoms with Crippen LogP contribution in [0.15, 0.2) is 0 Å². The molecule has 0 aliphatic rings. The average molecular weight is 177 g/mol. The average Bonchev–Trinajstić information content (AvgIpc) is 1.81. The molecule has 0 aromatic rings. The summed E-state index contributed by atoms with van der Waals surface area (Å²) in [4.78, 5) is 0. The van der Waals surface area contributed by atoms with Crippen molar-refractivity contribution < 1.29 is 8.78 Å². The maximum absolute atomic E-state index is 13.0. The summed E-state index contributed by atoms with van der Waals surface area (Å²) in [5.41, 5.74) is -2.59. The van der Waals surface area contributed by atoms with E-state index in [1.807, 2.05) is 0 Å². The SMILES string of the molecule is C[Si](C)(C)C(F)(F)CCC#N. The van der Waals surface area contributed by atoms with E-state index in [0.717, 1.165) is 0 Å². The Hall–Kier alpha value is -0.433. The second-order valence-corrected chi connectivity index (χ2v) is 8.84. The standard InChI is InChI=1S/C7H13F2NSi/c1-11(2,3)7(8,9)5-4-6-10/h4-5H2,1-3H3. The van der Waals surface area contributed by atoms with Crippen LogP contribution in [0.25, 0.3) is 0 Å². The monoisotopic (exact) mass is 177 g/mol.